The molecule has 1 aliphatic rings. The molecule has 0 aromatic heterocycles. The number of hydrogen-bond donors (Lipinski definition) is 2. The number of phenols is 1. The Balaban J connectivity index is 1.38. The van der Waals surface area contributed by atoms with Crippen molar-refractivity contribution < 1.29 is 23.4 Å². The molecule has 3 aromatic rings. The highest BCUT2D eigenvalue weighted by molar-refractivity contribution is 5.65. The van der Waals surface area contributed by atoms with Crippen LogP contribution in [0.3, 0.4) is 0 Å². The first-order valence-corrected chi connectivity index (χ1v) is 12.6. The molecule has 1 atom stereocenters. The molecule has 0 amide bonds. The standard InChI is InChI=1S/C30H33F3O2/c1-2-3-28(35)23-12-10-21(11-13-23)26-17-16-25(29(32)30(26)33)20-7-4-19(5-8-20)6-9-22-14-15-24(34)18-27(22)31/h10-20,28,34-35H,2-9H2,1H3. The number of benzene rings is 3. The van der Waals surface area contributed by atoms with Gasteiger partial charge < -0.3 is 10.2 Å². The van der Waals surface area contributed by atoms with Gasteiger partial charge in [0.2, 0.25) is 0 Å². The van der Waals surface area contributed by atoms with Gasteiger partial charge in [0.05, 0.1) is 6.10 Å². The number of halogens is 3. The summed E-state index contributed by atoms with van der Waals surface area (Å²) < 4.78 is 44.1. The largest absolute Gasteiger partial charge is 0.508 e. The van der Waals surface area contributed by atoms with Gasteiger partial charge in [-0.05, 0) is 85.1 Å². The van der Waals surface area contributed by atoms with Gasteiger partial charge in [0.25, 0.3) is 0 Å². The smallest absolute Gasteiger partial charge is 0.166 e. The number of aliphatic hydroxyl groups excluding tert-OH is 1. The first kappa shape index (κ1) is 25.3. The third-order valence-corrected chi connectivity index (χ3v) is 7.43. The van der Waals surface area contributed by atoms with Gasteiger partial charge in [0.15, 0.2) is 11.6 Å². The lowest BCUT2D eigenvalue weighted by Crippen LogP contribution is -2.15. The molecule has 5 heteroatoms. The quantitative estimate of drug-likeness (QED) is 0.340. The number of aliphatic hydroxyl groups is 1. The minimum atomic E-state index is -0.825. The van der Waals surface area contributed by atoms with Crippen LogP contribution in [0.4, 0.5) is 13.2 Å². The predicted molar refractivity (Wildman–Crippen MR) is 133 cm³/mol. The van der Waals surface area contributed by atoms with Crippen LogP contribution in [0.25, 0.3) is 11.1 Å². The molecule has 186 valence electrons. The van der Waals surface area contributed by atoms with Crippen LogP contribution in [0.15, 0.2) is 54.6 Å². The Labute approximate surface area is 205 Å². The Morgan fingerprint density at radius 2 is 1.60 bits per heavy atom. The van der Waals surface area contributed by atoms with Crippen molar-refractivity contribution in [2.24, 2.45) is 5.92 Å². The Bertz CT molecular complexity index is 1140. The summed E-state index contributed by atoms with van der Waals surface area (Å²) in [4.78, 5) is 0. The third-order valence-electron chi connectivity index (χ3n) is 7.43. The molecule has 0 radical (unpaired) electrons. The molecule has 3 aromatic carbocycles. The van der Waals surface area contributed by atoms with Gasteiger partial charge in [0.1, 0.15) is 11.6 Å². The topological polar surface area (TPSA) is 40.5 Å². The van der Waals surface area contributed by atoms with Crippen LogP contribution in [0.5, 0.6) is 5.75 Å². The fraction of sp³-hybridized carbons (Fsp3) is 0.400. The Hall–Kier alpha value is -2.79. The lowest BCUT2D eigenvalue weighted by Gasteiger charge is -2.29. The minimum absolute atomic E-state index is 0.0215. The van der Waals surface area contributed by atoms with Crippen LogP contribution in [0.2, 0.25) is 0 Å². The maximum atomic E-state index is 15.1. The Morgan fingerprint density at radius 1 is 0.886 bits per heavy atom. The zero-order chi connectivity index (χ0) is 24.9. The van der Waals surface area contributed by atoms with E-state index in [-0.39, 0.29) is 23.0 Å². The summed E-state index contributed by atoms with van der Waals surface area (Å²) in [6.07, 6.45) is 5.78. The second-order valence-electron chi connectivity index (χ2n) is 9.79. The highest BCUT2D eigenvalue weighted by Crippen LogP contribution is 2.40. The fourth-order valence-electron chi connectivity index (χ4n) is 5.29. The molecule has 1 unspecified atom stereocenters. The second-order valence-corrected chi connectivity index (χ2v) is 9.79. The Morgan fingerprint density at radius 3 is 2.26 bits per heavy atom. The van der Waals surface area contributed by atoms with Gasteiger partial charge in [0, 0.05) is 11.6 Å². The zero-order valence-electron chi connectivity index (χ0n) is 20.1. The summed E-state index contributed by atoms with van der Waals surface area (Å²) in [6, 6.07) is 14.6. The number of phenolic OH excluding ortho intramolecular Hbond substituents is 1. The highest BCUT2D eigenvalue weighted by atomic mass is 19.2. The molecule has 2 N–H and O–H groups in total. The second kappa shape index (κ2) is 11.3. The van der Waals surface area contributed by atoms with Crippen molar-refractivity contribution in [3.63, 3.8) is 0 Å². The van der Waals surface area contributed by atoms with Gasteiger partial charge in [-0.3, -0.25) is 0 Å². The lowest BCUT2D eigenvalue weighted by molar-refractivity contribution is 0.166. The van der Waals surface area contributed by atoms with Crippen LogP contribution in [0, 0.1) is 23.4 Å². The molecule has 0 saturated heterocycles. The van der Waals surface area contributed by atoms with E-state index in [4.69, 9.17) is 0 Å². The minimum Gasteiger partial charge on any atom is -0.508 e. The van der Waals surface area contributed by atoms with Crippen LogP contribution in [0.1, 0.15) is 80.6 Å². The molecule has 0 aliphatic heterocycles. The van der Waals surface area contributed by atoms with Crippen LogP contribution in [-0.4, -0.2) is 10.2 Å². The fourth-order valence-corrected chi connectivity index (χ4v) is 5.29. The molecule has 0 spiro atoms. The van der Waals surface area contributed by atoms with Gasteiger partial charge >= 0.3 is 0 Å². The zero-order valence-corrected chi connectivity index (χ0v) is 20.1. The predicted octanol–water partition coefficient (Wildman–Crippen LogP) is 8.22. The lowest BCUT2D eigenvalue weighted by atomic mass is 9.76. The molecular formula is C30H33F3O2. The van der Waals surface area contributed by atoms with Gasteiger partial charge in [-0.15, -0.1) is 0 Å². The SMILES string of the molecule is CCCC(O)c1ccc(-c2ccc(C3CCC(CCc4ccc(O)cc4F)CC3)c(F)c2F)cc1. The number of aromatic hydroxyl groups is 1. The number of rotatable bonds is 8. The normalized spacial score (nSPS) is 19.0. The van der Waals surface area contributed by atoms with Crippen molar-refractivity contribution in [2.75, 3.05) is 0 Å². The number of aryl methyl sites for hydroxylation is 1. The van der Waals surface area contributed by atoms with E-state index < -0.39 is 17.7 Å². The van der Waals surface area contributed by atoms with E-state index >= 15 is 8.78 Å². The van der Waals surface area contributed by atoms with E-state index in [1.165, 1.54) is 6.07 Å². The van der Waals surface area contributed by atoms with Crippen molar-refractivity contribution in [1.82, 2.24) is 0 Å². The molecular weight excluding hydrogens is 449 g/mol. The van der Waals surface area contributed by atoms with Crippen molar-refractivity contribution in [1.29, 1.82) is 0 Å². The molecule has 1 fully saturated rings. The molecule has 2 nitrogen and oxygen atoms in total. The van der Waals surface area contributed by atoms with Crippen molar-refractivity contribution >= 4 is 0 Å². The molecule has 0 heterocycles. The summed E-state index contributed by atoms with van der Waals surface area (Å²) in [5, 5.41) is 19.5. The van der Waals surface area contributed by atoms with Gasteiger partial charge in [-0.1, -0.05) is 55.8 Å². The molecule has 4 rings (SSSR count). The van der Waals surface area contributed by atoms with E-state index in [1.54, 1.807) is 42.5 Å². The van der Waals surface area contributed by atoms with Crippen molar-refractivity contribution in [3.05, 3.63) is 88.7 Å². The van der Waals surface area contributed by atoms with E-state index in [1.807, 2.05) is 6.92 Å². The van der Waals surface area contributed by atoms with E-state index in [0.717, 1.165) is 50.2 Å². The van der Waals surface area contributed by atoms with Crippen LogP contribution >= 0.6 is 0 Å². The summed E-state index contributed by atoms with van der Waals surface area (Å²) in [5.41, 5.74) is 2.63. The molecule has 0 bridgehead atoms. The monoisotopic (exact) mass is 482 g/mol. The molecule has 35 heavy (non-hydrogen) atoms. The summed E-state index contributed by atoms with van der Waals surface area (Å²) >= 11 is 0. The molecule has 1 aliphatic carbocycles. The first-order valence-electron chi connectivity index (χ1n) is 12.6. The summed E-state index contributed by atoms with van der Waals surface area (Å²) in [6.45, 7) is 2.00. The van der Waals surface area contributed by atoms with Crippen LogP contribution < -0.4 is 0 Å². The van der Waals surface area contributed by atoms with Crippen molar-refractivity contribution in [2.45, 2.75) is 70.3 Å². The van der Waals surface area contributed by atoms with Gasteiger partial charge in [-0.2, -0.15) is 0 Å². The maximum Gasteiger partial charge on any atom is 0.166 e. The van der Waals surface area contributed by atoms with E-state index in [9.17, 15) is 14.6 Å². The first-order chi connectivity index (χ1) is 16.9. The van der Waals surface area contributed by atoms with Crippen LogP contribution in [-0.2, 0) is 6.42 Å². The summed E-state index contributed by atoms with van der Waals surface area (Å²) in [7, 11) is 0. The van der Waals surface area contributed by atoms with Crippen molar-refractivity contribution in [3.8, 4) is 16.9 Å². The maximum absolute atomic E-state index is 15.1. The highest BCUT2D eigenvalue weighted by Gasteiger charge is 2.26. The van der Waals surface area contributed by atoms with Gasteiger partial charge in [-0.25, -0.2) is 13.2 Å². The summed E-state index contributed by atoms with van der Waals surface area (Å²) in [5.74, 6) is -1.65. The average molecular weight is 483 g/mol. The van der Waals surface area contributed by atoms with E-state index in [0.29, 0.717) is 35.4 Å². The number of hydrogen-bond acceptors (Lipinski definition) is 2. The molecule has 1 saturated carbocycles. The van der Waals surface area contributed by atoms with E-state index in [2.05, 4.69) is 0 Å². The average Bonchev–Trinajstić information content (AvgIpc) is 2.86. The third kappa shape index (κ3) is 5.90. The Kier molecular flexibility index (Phi) is 8.17.